The van der Waals surface area contributed by atoms with Crippen LogP contribution in [0.2, 0.25) is 0 Å². The molecule has 2 aromatic rings. The van der Waals surface area contributed by atoms with Gasteiger partial charge in [-0.2, -0.15) is 0 Å². The number of nitrogens with one attached hydrogen (secondary N) is 3. The summed E-state index contributed by atoms with van der Waals surface area (Å²) in [6.45, 7) is 3.50. The second kappa shape index (κ2) is 8.45. The van der Waals surface area contributed by atoms with E-state index in [1.54, 1.807) is 23.2 Å². The normalized spacial score (nSPS) is 16.5. The van der Waals surface area contributed by atoms with Gasteiger partial charge in [-0.05, 0) is 44.7 Å². The lowest BCUT2D eigenvalue weighted by Crippen LogP contribution is -3.13. The molecule has 0 aromatic carbocycles. The van der Waals surface area contributed by atoms with Gasteiger partial charge in [0.2, 0.25) is 0 Å². The van der Waals surface area contributed by atoms with Crippen LogP contribution < -0.4 is 15.8 Å². The van der Waals surface area contributed by atoms with E-state index < -0.39 is 0 Å². The molecule has 26 heavy (non-hydrogen) atoms. The minimum atomic E-state index is -0.356. The van der Waals surface area contributed by atoms with Crippen LogP contribution in [-0.4, -0.2) is 42.1 Å². The average Bonchev–Trinajstić information content (AvgIpc) is 2.65. The monoisotopic (exact) mass is 357 g/mol. The molecule has 1 aliphatic rings. The van der Waals surface area contributed by atoms with Crippen molar-refractivity contribution in [2.75, 3.05) is 20.1 Å². The van der Waals surface area contributed by atoms with E-state index in [4.69, 9.17) is 0 Å². The van der Waals surface area contributed by atoms with Gasteiger partial charge in [0.1, 0.15) is 5.56 Å². The first-order valence-electron chi connectivity index (χ1n) is 9.65. The van der Waals surface area contributed by atoms with Crippen molar-refractivity contribution in [3.8, 4) is 0 Å². The molecule has 0 aliphatic heterocycles. The van der Waals surface area contributed by atoms with Gasteiger partial charge in [0.05, 0.1) is 25.2 Å². The van der Waals surface area contributed by atoms with Crippen molar-refractivity contribution in [1.82, 2.24) is 15.3 Å². The Hall–Kier alpha value is -2.21. The Labute approximate surface area is 154 Å². The summed E-state index contributed by atoms with van der Waals surface area (Å²) < 4.78 is 0. The Morgan fingerprint density at radius 1 is 1.35 bits per heavy atom. The molecule has 1 aliphatic carbocycles. The SMILES string of the molecule is Cc1nccc2[nH]c(=O)c(C(=O)NCCC[NH+](C)C3CCCCC3)cc12. The highest BCUT2D eigenvalue weighted by Gasteiger charge is 2.20. The number of amides is 1. The third-order valence-corrected chi connectivity index (χ3v) is 5.55. The number of fused-ring (bicyclic) bond motifs is 1. The van der Waals surface area contributed by atoms with Crippen molar-refractivity contribution in [3.63, 3.8) is 0 Å². The minimum absolute atomic E-state index is 0.154. The van der Waals surface area contributed by atoms with E-state index in [2.05, 4.69) is 22.3 Å². The van der Waals surface area contributed by atoms with Gasteiger partial charge in [0.15, 0.2) is 0 Å². The van der Waals surface area contributed by atoms with Crippen LogP contribution >= 0.6 is 0 Å². The van der Waals surface area contributed by atoms with Crippen molar-refractivity contribution in [2.24, 2.45) is 0 Å². The first-order chi connectivity index (χ1) is 12.6. The van der Waals surface area contributed by atoms with E-state index in [1.165, 1.54) is 32.1 Å². The number of hydrogen-bond acceptors (Lipinski definition) is 3. The van der Waals surface area contributed by atoms with Crippen LogP contribution in [0.15, 0.2) is 23.1 Å². The summed E-state index contributed by atoms with van der Waals surface area (Å²) in [5, 5.41) is 3.69. The molecule has 1 amide bonds. The second-order valence-electron chi connectivity index (χ2n) is 7.41. The molecule has 2 aromatic heterocycles. The molecule has 0 spiro atoms. The molecule has 1 saturated carbocycles. The molecule has 3 N–H and O–H groups in total. The number of hydrogen-bond donors (Lipinski definition) is 3. The number of aromatic nitrogens is 2. The third-order valence-electron chi connectivity index (χ3n) is 5.55. The Bertz CT molecular complexity index is 824. The average molecular weight is 357 g/mol. The molecular weight excluding hydrogens is 328 g/mol. The molecule has 1 fully saturated rings. The highest BCUT2D eigenvalue weighted by atomic mass is 16.2. The van der Waals surface area contributed by atoms with Crippen LogP contribution in [0.25, 0.3) is 10.9 Å². The summed E-state index contributed by atoms with van der Waals surface area (Å²) in [7, 11) is 2.25. The van der Waals surface area contributed by atoms with E-state index in [0.717, 1.165) is 30.1 Å². The summed E-state index contributed by atoms with van der Waals surface area (Å²) in [6, 6.07) is 4.15. The molecule has 0 saturated heterocycles. The van der Waals surface area contributed by atoms with Crippen LogP contribution in [0.5, 0.6) is 0 Å². The highest BCUT2D eigenvalue weighted by Crippen LogP contribution is 2.15. The van der Waals surface area contributed by atoms with Crippen LogP contribution in [0.1, 0.15) is 54.6 Å². The Morgan fingerprint density at radius 3 is 2.88 bits per heavy atom. The third kappa shape index (κ3) is 4.30. The summed E-state index contributed by atoms with van der Waals surface area (Å²) >= 11 is 0. The van der Waals surface area contributed by atoms with Crippen LogP contribution in [0.4, 0.5) is 0 Å². The minimum Gasteiger partial charge on any atom is -0.352 e. The molecule has 0 bridgehead atoms. The van der Waals surface area contributed by atoms with Gasteiger partial charge in [-0.15, -0.1) is 0 Å². The van der Waals surface area contributed by atoms with Crippen molar-refractivity contribution in [3.05, 3.63) is 39.9 Å². The fourth-order valence-corrected chi connectivity index (χ4v) is 3.90. The van der Waals surface area contributed by atoms with Gasteiger partial charge in [-0.3, -0.25) is 14.6 Å². The number of aryl methyl sites for hydroxylation is 1. The molecule has 1 atom stereocenters. The molecule has 3 rings (SSSR count). The number of nitrogens with zero attached hydrogens (tertiary/aromatic N) is 1. The maximum absolute atomic E-state index is 12.4. The maximum atomic E-state index is 12.4. The quantitative estimate of drug-likeness (QED) is 0.680. The van der Waals surface area contributed by atoms with Crippen molar-refractivity contribution in [2.45, 2.75) is 51.5 Å². The lowest BCUT2D eigenvalue weighted by Gasteiger charge is -2.28. The van der Waals surface area contributed by atoms with Crippen LogP contribution in [0.3, 0.4) is 0 Å². The van der Waals surface area contributed by atoms with Gasteiger partial charge in [0.25, 0.3) is 11.5 Å². The van der Waals surface area contributed by atoms with E-state index in [-0.39, 0.29) is 17.0 Å². The van der Waals surface area contributed by atoms with Crippen LogP contribution in [0, 0.1) is 6.92 Å². The van der Waals surface area contributed by atoms with E-state index in [1.807, 2.05) is 6.92 Å². The molecule has 6 heteroatoms. The Morgan fingerprint density at radius 2 is 2.12 bits per heavy atom. The number of rotatable bonds is 6. The number of quaternary nitrogens is 1. The first-order valence-corrected chi connectivity index (χ1v) is 9.65. The molecule has 140 valence electrons. The zero-order chi connectivity index (χ0) is 18.5. The lowest BCUT2D eigenvalue weighted by atomic mass is 9.94. The van der Waals surface area contributed by atoms with Gasteiger partial charge in [0, 0.05) is 30.2 Å². The summed E-state index contributed by atoms with van der Waals surface area (Å²) in [4.78, 5) is 33.2. The van der Waals surface area contributed by atoms with Crippen molar-refractivity contribution >= 4 is 16.8 Å². The number of pyridine rings is 2. The summed E-state index contributed by atoms with van der Waals surface area (Å²) in [6.07, 6.45) is 9.26. The smallest absolute Gasteiger partial charge is 0.261 e. The van der Waals surface area contributed by atoms with Gasteiger partial charge < -0.3 is 15.2 Å². The van der Waals surface area contributed by atoms with Crippen molar-refractivity contribution < 1.29 is 9.69 Å². The Kier molecular flexibility index (Phi) is 6.04. The van der Waals surface area contributed by atoms with Gasteiger partial charge in [-0.25, -0.2) is 0 Å². The zero-order valence-electron chi connectivity index (χ0n) is 15.7. The second-order valence-corrected chi connectivity index (χ2v) is 7.41. The van der Waals surface area contributed by atoms with E-state index >= 15 is 0 Å². The first kappa shape index (κ1) is 18.6. The van der Waals surface area contributed by atoms with Gasteiger partial charge in [-0.1, -0.05) is 6.42 Å². The number of H-pyrrole nitrogens is 1. The summed E-state index contributed by atoms with van der Waals surface area (Å²) in [5.41, 5.74) is 1.30. The lowest BCUT2D eigenvalue weighted by molar-refractivity contribution is -0.907. The highest BCUT2D eigenvalue weighted by molar-refractivity contribution is 5.97. The van der Waals surface area contributed by atoms with Crippen molar-refractivity contribution in [1.29, 1.82) is 0 Å². The maximum Gasteiger partial charge on any atom is 0.261 e. The topological polar surface area (TPSA) is 79.3 Å². The van der Waals surface area contributed by atoms with E-state index in [0.29, 0.717) is 12.1 Å². The standard InChI is InChI=1S/C20H28N4O2/c1-14-16-13-17(20(26)23-18(16)9-11-21-14)19(25)22-10-6-12-24(2)15-7-4-3-5-8-15/h9,11,13,15H,3-8,10,12H2,1-2H3,(H,22,25)(H,23,26)/p+1. The fraction of sp³-hybridized carbons (Fsp3) is 0.550. The Balaban J connectivity index is 1.55. The molecule has 2 heterocycles. The van der Waals surface area contributed by atoms with E-state index in [9.17, 15) is 9.59 Å². The molecule has 6 nitrogen and oxygen atoms in total. The predicted octanol–water partition coefficient (Wildman–Crippen LogP) is 1.20. The van der Waals surface area contributed by atoms with Gasteiger partial charge >= 0.3 is 0 Å². The van der Waals surface area contributed by atoms with Crippen LogP contribution in [-0.2, 0) is 0 Å². The molecular formula is C20H29N4O2+. The number of carbonyl (C=O) groups excluding carboxylic acids is 1. The number of carbonyl (C=O) groups is 1. The fourth-order valence-electron chi connectivity index (χ4n) is 3.90. The predicted molar refractivity (Wildman–Crippen MR) is 103 cm³/mol. The largest absolute Gasteiger partial charge is 0.352 e. The summed E-state index contributed by atoms with van der Waals surface area (Å²) in [5.74, 6) is -0.313. The number of aromatic amines is 1. The molecule has 0 radical (unpaired) electrons. The molecule has 1 unspecified atom stereocenters. The zero-order valence-corrected chi connectivity index (χ0v) is 15.7.